The topological polar surface area (TPSA) is 48.0 Å². The number of esters is 1. The predicted molar refractivity (Wildman–Crippen MR) is 123 cm³/mol. The van der Waals surface area contributed by atoms with Crippen molar-refractivity contribution >= 4 is 11.5 Å². The third kappa shape index (κ3) is 6.34. The van der Waals surface area contributed by atoms with Crippen LogP contribution >= 0.6 is 0 Å². The molecule has 1 aliphatic heterocycles. The number of hydrogen-bond acceptors (Lipinski definition) is 5. The van der Waals surface area contributed by atoms with Gasteiger partial charge in [0.2, 0.25) is 0 Å². The molecule has 0 saturated carbocycles. The molecule has 0 aromatic heterocycles. The molecule has 1 fully saturated rings. The molecule has 1 saturated heterocycles. The van der Waals surface area contributed by atoms with E-state index in [2.05, 4.69) is 30.0 Å². The Kier molecular flexibility index (Phi) is 8.53. The summed E-state index contributed by atoms with van der Waals surface area (Å²) in [4.78, 5) is 14.4. The van der Waals surface area contributed by atoms with E-state index in [1.165, 1.54) is 5.56 Å². The summed E-state index contributed by atoms with van der Waals surface area (Å²) in [6, 6.07) is 16.3. The van der Waals surface area contributed by atoms with Gasteiger partial charge in [-0.2, -0.15) is 0 Å². The van der Waals surface area contributed by atoms with Gasteiger partial charge in [-0.05, 0) is 62.1 Å². The van der Waals surface area contributed by atoms with Crippen molar-refractivity contribution in [1.82, 2.24) is 4.90 Å². The van der Waals surface area contributed by atoms with Crippen LogP contribution in [0.1, 0.15) is 36.5 Å². The van der Waals surface area contributed by atoms with Crippen LogP contribution in [-0.4, -0.2) is 50.8 Å². The molecule has 5 nitrogen and oxygen atoms in total. The van der Waals surface area contributed by atoms with E-state index in [1.54, 1.807) is 7.11 Å². The Morgan fingerprint density at radius 2 is 2.03 bits per heavy atom. The minimum absolute atomic E-state index is 0.0245. The molecule has 1 aliphatic rings. The van der Waals surface area contributed by atoms with Crippen LogP contribution in [-0.2, 0) is 14.3 Å². The number of carbonyl (C=O) groups excluding carboxylic acids is 1. The molecule has 0 N–H and O–H groups in total. The highest BCUT2D eigenvalue weighted by Gasteiger charge is 2.26. The zero-order valence-electron chi connectivity index (χ0n) is 18.8. The fourth-order valence-electron chi connectivity index (χ4n) is 3.99. The van der Waals surface area contributed by atoms with Crippen molar-refractivity contribution in [3.8, 4) is 5.75 Å². The maximum absolute atomic E-state index is 12.1. The normalized spacial score (nSPS) is 17.3. The van der Waals surface area contributed by atoms with Crippen molar-refractivity contribution in [2.45, 2.75) is 26.7 Å². The molecule has 0 spiro atoms. The van der Waals surface area contributed by atoms with Gasteiger partial charge >= 0.3 is 5.97 Å². The van der Waals surface area contributed by atoms with Crippen LogP contribution in [0.3, 0.4) is 0 Å². The van der Waals surface area contributed by atoms with E-state index in [0.717, 1.165) is 54.9 Å². The number of nitrogens with zero attached hydrogens (tertiary/aromatic N) is 1. The average Bonchev–Trinajstić information content (AvgIpc) is 2.80. The van der Waals surface area contributed by atoms with E-state index in [1.807, 2.05) is 43.5 Å². The summed E-state index contributed by atoms with van der Waals surface area (Å²) in [5, 5.41) is 0. The molecule has 0 aliphatic carbocycles. The van der Waals surface area contributed by atoms with Gasteiger partial charge in [-0.3, -0.25) is 9.69 Å². The molecule has 3 rings (SSSR count). The zero-order chi connectivity index (χ0) is 22.1. The summed E-state index contributed by atoms with van der Waals surface area (Å²) in [5.74, 6) is 0.715. The first-order chi connectivity index (χ1) is 15.1. The van der Waals surface area contributed by atoms with Gasteiger partial charge < -0.3 is 14.2 Å². The first-order valence-corrected chi connectivity index (χ1v) is 11.0. The first kappa shape index (κ1) is 22.9. The summed E-state index contributed by atoms with van der Waals surface area (Å²) in [6.07, 6.45) is 3.77. The number of carbonyl (C=O) groups is 1. The number of benzene rings is 2. The van der Waals surface area contributed by atoms with Gasteiger partial charge in [-0.25, -0.2) is 0 Å². The Bertz CT molecular complexity index is 892. The van der Waals surface area contributed by atoms with E-state index >= 15 is 0 Å². The van der Waals surface area contributed by atoms with Crippen LogP contribution in [0.15, 0.2) is 54.8 Å². The highest BCUT2D eigenvalue weighted by molar-refractivity contribution is 5.81. The second-order valence-electron chi connectivity index (χ2n) is 7.84. The van der Waals surface area contributed by atoms with Crippen molar-refractivity contribution in [2.75, 3.05) is 40.0 Å². The minimum Gasteiger partial charge on any atom is -0.499 e. The number of likely N-dealkylation sites (tertiary alicyclic amines) is 1. The number of piperidine rings is 1. The van der Waals surface area contributed by atoms with E-state index in [-0.39, 0.29) is 11.9 Å². The standard InChI is InChI=1S/C26H33NO4/c1-4-31-26(28)22-11-8-14-27(18-22)15-16-30-19-25(24-13-6-5-9-20(24)2)21-10-7-12-23(17-21)29-3/h5-7,9-10,12-13,17,19,22H,4,8,11,14-16,18H2,1-3H3/b25-19-/t22-/m1/s1. The molecule has 1 atom stereocenters. The highest BCUT2D eigenvalue weighted by atomic mass is 16.5. The molecule has 5 heteroatoms. The fraction of sp³-hybridized carbons (Fsp3) is 0.423. The van der Waals surface area contributed by atoms with Gasteiger partial charge in [0.15, 0.2) is 0 Å². The summed E-state index contributed by atoms with van der Waals surface area (Å²) < 4.78 is 16.6. The van der Waals surface area contributed by atoms with Crippen LogP contribution in [0.4, 0.5) is 0 Å². The SMILES string of the molecule is CCOC(=O)[C@@H]1CCCN(CCO/C=C(/c2cccc(OC)c2)c2ccccc2C)C1. The number of aryl methyl sites for hydroxylation is 1. The van der Waals surface area contributed by atoms with E-state index in [9.17, 15) is 4.79 Å². The maximum atomic E-state index is 12.1. The Morgan fingerprint density at radius 3 is 2.81 bits per heavy atom. The molecule has 0 unspecified atom stereocenters. The second-order valence-corrected chi connectivity index (χ2v) is 7.84. The Labute approximate surface area is 185 Å². The molecule has 2 aromatic carbocycles. The van der Waals surface area contributed by atoms with Crippen LogP contribution in [0.25, 0.3) is 5.57 Å². The molecule has 0 radical (unpaired) electrons. The highest BCUT2D eigenvalue weighted by Crippen LogP contribution is 2.28. The van der Waals surface area contributed by atoms with E-state index in [0.29, 0.717) is 13.2 Å². The predicted octanol–water partition coefficient (Wildman–Crippen LogP) is 4.68. The van der Waals surface area contributed by atoms with Crippen molar-refractivity contribution in [3.05, 3.63) is 71.5 Å². The third-order valence-corrected chi connectivity index (χ3v) is 5.67. The van der Waals surface area contributed by atoms with Gasteiger partial charge in [-0.15, -0.1) is 0 Å². The Balaban J connectivity index is 1.67. The van der Waals surface area contributed by atoms with Gasteiger partial charge in [-0.1, -0.05) is 36.4 Å². The molecule has 166 valence electrons. The van der Waals surface area contributed by atoms with Crippen LogP contribution in [0.2, 0.25) is 0 Å². The number of ether oxygens (including phenoxy) is 3. The van der Waals surface area contributed by atoms with Gasteiger partial charge in [0.25, 0.3) is 0 Å². The Morgan fingerprint density at radius 1 is 1.19 bits per heavy atom. The van der Waals surface area contributed by atoms with Crippen molar-refractivity contribution < 1.29 is 19.0 Å². The fourth-order valence-corrected chi connectivity index (χ4v) is 3.99. The molecule has 31 heavy (non-hydrogen) atoms. The quantitative estimate of drug-likeness (QED) is 0.333. The van der Waals surface area contributed by atoms with E-state index < -0.39 is 0 Å². The molecule has 0 bridgehead atoms. The summed E-state index contributed by atoms with van der Waals surface area (Å²) in [7, 11) is 1.68. The lowest BCUT2D eigenvalue weighted by molar-refractivity contribution is -0.150. The lowest BCUT2D eigenvalue weighted by atomic mass is 9.95. The number of rotatable bonds is 9. The molecule has 0 amide bonds. The van der Waals surface area contributed by atoms with Crippen molar-refractivity contribution in [3.63, 3.8) is 0 Å². The number of methoxy groups -OCH3 is 1. The van der Waals surface area contributed by atoms with E-state index in [4.69, 9.17) is 14.2 Å². The molecular formula is C26H33NO4. The molecule has 1 heterocycles. The third-order valence-electron chi connectivity index (χ3n) is 5.67. The Hall–Kier alpha value is -2.79. The van der Waals surface area contributed by atoms with Crippen molar-refractivity contribution in [2.24, 2.45) is 5.92 Å². The average molecular weight is 424 g/mol. The largest absolute Gasteiger partial charge is 0.499 e. The molecular weight excluding hydrogens is 390 g/mol. The second kappa shape index (κ2) is 11.6. The maximum Gasteiger partial charge on any atom is 0.310 e. The smallest absolute Gasteiger partial charge is 0.310 e. The van der Waals surface area contributed by atoms with Crippen LogP contribution in [0.5, 0.6) is 5.75 Å². The molecule has 2 aromatic rings. The summed E-state index contributed by atoms with van der Waals surface area (Å²) in [5.41, 5.74) is 4.40. The summed E-state index contributed by atoms with van der Waals surface area (Å²) in [6.45, 7) is 7.48. The van der Waals surface area contributed by atoms with Crippen molar-refractivity contribution in [1.29, 1.82) is 0 Å². The summed E-state index contributed by atoms with van der Waals surface area (Å²) >= 11 is 0. The van der Waals surface area contributed by atoms with Gasteiger partial charge in [0.05, 0.1) is 25.9 Å². The van der Waals surface area contributed by atoms with Gasteiger partial charge in [0.1, 0.15) is 12.4 Å². The number of hydrogen-bond donors (Lipinski definition) is 0. The first-order valence-electron chi connectivity index (χ1n) is 11.0. The van der Waals surface area contributed by atoms with Crippen LogP contribution in [0, 0.1) is 12.8 Å². The monoisotopic (exact) mass is 423 g/mol. The lowest BCUT2D eigenvalue weighted by Gasteiger charge is -2.31. The van der Waals surface area contributed by atoms with Crippen LogP contribution < -0.4 is 4.74 Å². The minimum atomic E-state index is -0.0760. The lowest BCUT2D eigenvalue weighted by Crippen LogP contribution is -2.40. The van der Waals surface area contributed by atoms with Gasteiger partial charge in [0, 0.05) is 18.7 Å². The zero-order valence-corrected chi connectivity index (χ0v) is 18.8.